The van der Waals surface area contributed by atoms with Gasteiger partial charge in [0.15, 0.2) is 0 Å². The van der Waals surface area contributed by atoms with Crippen LogP contribution in [-0.2, 0) is 0 Å². The van der Waals surface area contributed by atoms with E-state index in [4.69, 9.17) is 4.74 Å². The first-order valence-electron chi connectivity index (χ1n) is 6.81. The molecule has 1 aromatic carbocycles. The van der Waals surface area contributed by atoms with Crippen LogP contribution in [0.4, 0.5) is 0 Å². The monoisotopic (exact) mass is 233 g/mol. The molecule has 1 atom stereocenters. The molecule has 0 bridgehead atoms. The van der Waals surface area contributed by atoms with Crippen molar-refractivity contribution in [3.8, 4) is 5.75 Å². The van der Waals surface area contributed by atoms with Crippen LogP contribution < -0.4 is 10.1 Å². The Labute approximate surface area is 104 Å². The summed E-state index contributed by atoms with van der Waals surface area (Å²) < 4.78 is 5.76. The van der Waals surface area contributed by atoms with Gasteiger partial charge in [-0.2, -0.15) is 0 Å². The zero-order valence-corrected chi connectivity index (χ0v) is 10.7. The minimum absolute atomic E-state index is 0.650. The number of hydrogen-bond acceptors (Lipinski definition) is 2. The summed E-state index contributed by atoms with van der Waals surface area (Å²) in [7, 11) is 0. The van der Waals surface area contributed by atoms with E-state index in [0.717, 1.165) is 31.2 Å². The lowest BCUT2D eigenvalue weighted by molar-refractivity contribution is 0.192. The Morgan fingerprint density at radius 1 is 1.29 bits per heavy atom. The SMILES string of the molecule is CCNC(CCOc1ccccc1)C1CCC1. The average molecular weight is 233 g/mol. The Bertz CT molecular complexity index is 308. The summed E-state index contributed by atoms with van der Waals surface area (Å²) in [6, 6.07) is 10.7. The second-order valence-corrected chi connectivity index (χ2v) is 4.81. The smallest absolute Gasteiger partial charge is 0.119 e. The first-order chi connectivity index (χ1) is 8.40. The van der Waals surface area contributed by atoms with Crippen LogP contribution in [-0.4, -0.2) is 19.2 Å². The number of rotatable bonds is 7. The second-order valence-electron chi connectivity index (χ2n) is 4.81. The van der Waals surface area contributed by atoms with Gasteiger partial charge in [-0.15, -0.1) is 0 Å². The molecule has 1 unspecified atom stereocenters. The maximum absolute atomic E-state index is 5.76. The molecule has 1 aromatic rings. The molecule has 0 saturated heterocycles. The summed E-state index contributed by atoms with van der Waals surface area (Å²) in [4.78, 5) is 0. The van der Waals surface area contributed by atoms with E-state index in [1.165, 1.54) is 19.3 Å². The van der Waals surface area contributed by atoms with Crippen LogP contribution in [0.3, 0.4) is 0 Å². The maximum Gasteiger partial charge on any atom is 0.119 e. The van der Waals surface area contributed by atoms with Crippen molar-refractivity contribution in [3.05, 3.63) is 30.3 Å². The molecule has 0 aliphatic heterocycles. The molecule has 0 amide bonds. The Morgan fingerprint density at radius 2 is 2.06 bits per heavy atom. The molecule has 1 aliphatic carbocycles. The Balaban J connectivity index is 1.71. The normalized spacial score (nSPS) is 17.5. The molecule has 2 nitrogen and oxygen atoms in total. The van der Waals surface area contributed by atoms with Crippen molar-refractivity contribution in [3.63, 3.8) is 0 Å². The van der Waals surface area contributed by atoms with Gasteiger partial charge in [0.2, 0.25) is 0 Å². The molecule has 2 rings (SSSR count). The zero-order chi connectivity index (χ0) is 11.9. The van der Waals surface area contributed by atoms with Crippen molar-refractivity contribution in [1.82, 2.24) is 5.32 Å². The molecule has 0 spiro atoms. The Morgan fingerprint density at radius 3 is 2.65 bits per heavy atom. The number of para-hydroxylation sites is 1. The van der Waals surface area contributed by atoms with Gasteiger partial charge in [-0.1, -0.05) is 31.5 Å². The molecule has 1 N–H and O–H groups in total. The molecule has 0 heterocycles. The van der Waals surface area contributed by atoms with Gasteiger partial charge in [-0.05, 0) is 43.9 Å². The lowest BCUT2D eigenvalue weighted by Gasteiger charge is -2.34. The standard InChI is InChI=1S/C15H23NO/c1-2-16-15(13-7-6-8-13)11-12-17-14-9-4-3-5-10-14/h3-5,9-10,13,15-16H,2,6-8,11-12H2,1H3. The van der Waals surface area contributed by atoms with E-state index >= 15 is 0 Å². The van der Waals surface area contributed by atoms with E-state index in [1.807, 2.05) is 30.3 Å². The molecular formula is C15H23NO. The van der Waals surface area contributed by atoms with Gasteiger partial charge in [-0.3, -0.25) is 0 Å². The second kappa shape index (κ2) is 6.65. The summed E-state index contributed by atoms with van der Waals surface area (Å²) in [5.41, 5.74) is 0. The van der Waals surface area contributed by atoms with Crippen molar-refractivity contribution in [2.24, 2.45) is 5.92 Å². The van der Waals surface area contributed by atoms with Crippen LogP contribution in [0.15, 0.2) is 30.3 Å². The number of benzene rings is 1. The summed E-state index contributed by atoms with van der Waals surface area (Å²) in [5, 5.41) is 3.59. The lowest BCUT2D eigenvalue weighted by Crippen LogP contribution is -2.40. The third-order valence-corrected chi connectivity index (χ3v) is 3.63. The Kier molecular flexibility index (Phi) is 4.87. The van der Waals surface area contributed by atoms with Crippen LogP contribution in [0.1, 0.15) is 32.6 Å². The van der Waals surface area contributed by atoms with Crippen molar-refractivity contribution in [1.29, 1.82) is 0 Å². The topological polar surface area (TPSA) is 21.3 Å². The lowest BCUT2D eigenvalue weighted by atomic mass is 9.78. The predicted octanol–water partition coefficient (Wildman–Crippen LogP) is 3.23. The third kappa shape index (κ3) is 3.74. The van der Waals surface area contributed by atoms with Crippen LogP contribution in [0.2, 0.25) is 0 Å². The van der Waals surface area contributed by atoms with Crippen molar-refractivity contribution in [2.45, 2.75) is 38.6 Å². The quantitative estimate of drug-likeness (QED) is 0.780. The maximum atomic E-state index is 5.76. The van der Waals surface area contributed by atoms with Gasteiger partial charge in [-0.25, -0.2) is 0 Å². The molecule has 2 heteroatoms. The van der Waals surface area contributed by atoms with Gasteiger partial charge in [0.05, 0.1) is 6.61 Å². The van der Waals surface area contributed by atoms with Gasteiger partial charge in [0.25, 0.3) is 0 Å². The highest BCUT2D eigenvalue weighted by Crippen LogP contribution is 2.30. The van der Waals surface area contributed by atoms with Gasteiger partial charge >= 0.3 is 0 Å². The van der Waals surface area contributed by atoms with Crippen molar-refractivity contribution >= 4 is 0 Å². The highest BCUT2D eigenvalue weighted by molar-refractivity contribution is 5.20. The molecule has 1 fully saturated rings. The average Bonchev–Trinajstić information content (AvgIpc) is 2.28. The highest BCUT2D eigenvalue weighted by Gasteiger charge is 2.26. The number of nitrogens with one attached hydrogen (secondary N) is 1. The fourth-order valence-electron chi connectivity index (χ4n) is 2.43. The predicted molar refractivity (Wildman–Crippen MR) is 71.4 cm³/mol. The Hall–Kier alpha value is -1.02. The van der Waals surface area contributed by atoms with E-state index in [-0.39, 0.29) is 0 Å². The van der Waals surface area contributed by atoms with Crippen molar-refractivity contribution < 1.29 is 4.74 Å². The minimum Gasteiger partial charge on any atom is -0.494 e. The van der Waals surface area contributed by atoms with Gasteiger partial charge < -0.3 is 10.1 Å². The van der Waals surface area contributed by atoms with Crippen LogP contribution in [0, 0.1) is 5.92 Å². The molecule has 17 heavy (non-hydrogen) atoms. The summed E-state index contributed by atoms with van der Waals surface area (Å²) in [6.45, 7) is 4.06. The zero-order valence-electron chi connectivity index (χ0n) is 10.7. The fraction of sp³-hybridized carbons (Fsp3) is 0.600. The molecule has 1 aliphatic rings. The molecule has 0 aromatic heterocycles. The molecular weight excluding hydrogens is 210 g/mol. The molecule has 1 saturated carbocycles. The van der Waals surface area contributed by atoms with Crippen LogP contribution in [0.25, 0.3) is 0 Å². The van der Waals surface area contributed by atoms with Gasteiger partial charge in [0.1, 0.15) is 5.75 Å². The first-order valence-corrected chi connectivity index (χ1v) is 6.81. The van der Waals surface area contributed by atoms with E-state index < -0.39 is 0 Å². The van der Waals surface area contributed by atoms with E-state index in [1.54, 1.807) is 0 Å². The van der Waals surface area contributed by atoms with Crippen LogP contribution >= 0.6 is 0 Å². The van der Waals surface area contributed by atoms with E-state index in [0.29, 0.717) is 6.04 Å². The summed E-state index contributed by atoms with van der Waals surface area (Å²) >= 11 is 0. The minimum atomic E-state index is 0.650. The van der Waals surface area contributed by atoms with Gasteiger partial charge in [0, 0.05) is 6.04 Å². The van der Waals surface area contributed by atoms with Crippen molar-refractivity contribution in [2.75, 3.05) is 13.2 Å². The fourth-order valence-corrected chi connectivity index (χ4v) is 2.43. The number of hydrogen-bond donors (Lipinski definition) is 1. The highest BCUT2D eigenvalue weighted by atomic mass is 16.5. The summed E-state index contributed by atoms with van der Waals surface area (Å²) in [5.74, 6) is 1.87. The largest absolute Gasteiger partial charge is 0.494 e. The van der Waals surface area contributed by atoms with Crippen LogP contribution in [0.5, 0.6) is 5.75 Å². The molecule has 94 valence electrons. The summed E-state index contributed by atoms with van der Waals surface area (Å²) in [6.07, 6.45) is 5.31. The molecule has 0 radical (unpaired) electrons. The van der Waals surface area contributed by atoms with E-state index in [9.17, 15) is 0 Å². The third-order valence-electron chi connectivity index (χ3n) is 3.63. The first kappa shape index (κ1) is 12.4. The number of ether oxygens (including phenoxy) is 1. The van der Waals surface area contributed by atoms with E-state index in [2.05, 4.69) is 12.2 Å².